The van der Waals surface area contributed by atoms with Crippen molar-refractivity contribution < 1.29 is 9.53 Å². The molecule has 0 unspecified atom stereocenters. The monoisotopic (exact) mass is 365 g/mol. The van der Waals surface area contributed by atoms with Gasteiger partial charge in [0.25, 0.3) is 5.91 Å². The molecule has 134 valence electrons. The van der Waals surface area contributed by atoms with Crippen LogP contribution in [0.2, 0.25) is 0 Å². The van der Waals surface area contributed by atoms with Gasteiger partial charge < -0.3 is 10.1 Å². The Kier molecular flexibility index (Phi) is 5.43. The molecule has 0 fully saturated rings. The number of benzene rings is 2. The van der Waals surface area contributed by atoms with E-state index in [1.54, 1.807) is 0 Å². The summed E-state index contributed by atoms with van der Waals surface area (Å²) in [6.45, 7) is 8.61. The van der Waals surface area contributed by atoms with Gasteiger partial charge in [0.05, 0.1) is 4.88 Å². The van der Waals surface area contributed by atoms with Crippen LogP contribution >= 0.6 is 11.3 Å². The third-order valence-corrected chi connectivity index (χ3v) is 5.06. The fourth-order valence-electron chi connectivity index (χ4n) is 2.93. The average Bonchev–Trinajstić information content (AvgIpc) is 3.02. The summed E-state index contributed by atoms with van der Waals surface area (Å²) in [5.74, 6) is 0.792. The molecule has 0 aliphatic carbocycles. The molecule has 0 saturated heterocycles. The largest absolute Gasteiger partial charge is 0.489 e. The molecule has 0 radical (unpaired) electrons. The van der Waals surface area contributed by atoms with Crippen molar-refractivity contribution in [2.75, 3.05) is 5.32 Å². The van der Waals surface area contributed by atoms with Crippen LogP contribution in [0.15, 0.2) is 47.8 Å². The molecular formula is C22H23NO2S. The van der Waals surface area contributed by atoms with Crippen molar-refractivity contribution in [1.82, 2.24) is 0 Å². The third kappa shape index (κ3) is 4.52. The van der Waals surface area contributed by atoms with E-state index in [2.05, 4.69) is 24.4 Å². The Balaban J connectivity index is 1.64. The van der Waals surface area contributed by atoms with E-state index >= 15 is 0 Å². The number of carbonyl (C=O) groups is 1. The zero-order valence-electron chi connectivity index (χ0n) is 15.6. The van der Waals surface area contributed by atoms with Gasteiger partial charge in [0.2, 0.25) is 0 Å². The quantitative estimate of drug-likeness (QED) is 0.619. The van der Waals surface area contributed by atoms with E-state index in [0.717, 1.165) is 33.7 Å². The number of amides is 1. The lowest BCUT2D eigenvalue weighted by molar-refractivity contribution is 0.103. The Morgan fingerprint density at radius 2 is 1.69 bits per heavy atom. The van der Waals surface area contributed by atoms with E-state index in [4.69, 9.17) is 4.74 Å². The minimum absolute atomic E-state index is 0.0854. The second kappa shape index (κ2) is 7.75. The summed E-state index contributed by atoms with van der Waals surface area (Å²) in [4.78, 5) is 13.2. The molecule has 1 heterocycles. The summed E-state index contributed by atoms with van der Waals surface area (Å²) in [5, 5.41) is 4.95. The Bertz CT molecular complexity index is 923. The molecule has 2 aromatic carbocycles. The highest BCUT2D eigenvalue weighted by atomic mass is 32.1. The van der Waals surface area contributed by atoms with Gasteiger partial charge in [-0.25, -0.2) is 0 Å². The first-order valence-electron chi connectivity index (χ1n) is 8.58. The van der Waals surface area contributed by atoms with Crippen LogP contribution in [0.1, 0.15) is 37.5 Å². The van der Waals surface area contributed by atoms with E-state index in [9.17, 15) is 4.79 Å². The van der Waals surface area contributed by atoms with Crippen LogP contribution in [0.25, 0.3) is 0 Å². The summed E-state index contributed by atoms with van der Waals surface area (Å²) in [7, 11) is 0. The van der Waals surface area contributed by atoms with Crippen LogP contribution in [-0.2, 0) is 6.61 Å². The van der Waals surface area contributed by atoms with Crippen molar-refractivity contribution in [3.8, 4) is 5.75 Å². The van der Waals surface area contributed by atoms with Crippen LogP contribution < -0.4 is 10.1 Å². The van der Waals surface area contributed by atoms with Crippen molar-refractivity contribution in [2.24, 2.45) is 0 Å². The molecule has 1 amide bonds. The predicted molar refractivity (Wildman–Crippen MR) is 108 cm³/mol. The number of ether oxygens (including phenoxy) is 1. The van der Waals surface area contributed by atoms with Gasteiger partial charge in [-0.2, -0.15) is 0 Å². The molecule has 3 rings (SSSR count). The van der Waals surface area contributed by atoms with Crippen molar-refractivity contribution in [1.29, 1.82) is 0 Å². The molecule has 0 saturated carbocycles. The van der Waals surface area contributed by atoms with Crippen molar-refractivity contribution in [3.63, 3.8) is 0 Å². The summed E-state index contributed by atoms with van der Waals surface area (Å²) < 4.78 is 5.90. The van der Waals surface area contributed by atoms with Gasteiger partial charge in [-0.3, -0.25) is 4.79 Å². The summed E-state index contributed by atoms with van der Waals surface area (Å²) >= 11 is 1.44. The standard InChI is InChI=1S/C22H23NO2S/c1-14-5-6-20(17(4)8-14)25-12-18-11-21(26-13-18)22(24)23-19-9-15(2)7-16(3)10-19/h5-11,13H,12H2,1-4H3,(H,23,24). The van der Waals surface area contributed by atoms with Crippen LogP contribution in [0.3, 0.4) is 0 Å². The Labute approximate surface area is 158 Å². The highest BCUT2D eigenvalue weighted by molar-refractivity contribution is 7.12. The maximum absolute atomic E-state index is 12.5. The van der Waals surface area contributed by atoms with Gasteiger partial charge in [0, 0.05) is 11.3 Å². The molecule has 1 aromatic heterocycles. The van der Waals surface area contributed by atoms with Crippen LogP contribution in [0.5, 0.6) is 5.75 Å². The van der Waals surface area contributed by atoms with E-state index in [1.807, 2.05) is 56.5 Å². The fourth-order valence-corrected chi connectivity index (χ4v) is 3.72. The smallest absolute Gasteiger partial charge is 0.265 e. The molecular weight excluding hydrogens is 342 g/mol. The third-order valence-electron chi connectivity index (χ3n) is 4.08. The van der Waals surface area contributed by atoms with Crippen LogP contribution in [-0.4, -0.2) is 5.91 Å². The lowest BCUT2D eigenvalue weighted by atomic mass is 10.1. The molecule has 0 bridgehead atoms. The normalized spacial score (nSPS) is 10.6. The van der Waals surface area contributed by atoms with Crippen molar-refractivity contribution >= 4 is 22.9 Å². The molecule has 0 aliphatic rings. The topological polar surface area (TPSA) is 38.3 Å². The summed E-state index contributed by atoms with van der Waals surface area (Å²) in [5.41, 5.74) is 6.43. The Morgan fingerprint density at radius 1 is 0.962 bits per heavy atom. The molecule has 0 aliphatic heterocycles. The number of aryl methyl sites for hydroxylation is 4. The first-order valence-corrected chi connectivity index (χ1v) is 9.46. The molecule has 3 nitrogen and oxygen atoms in total. The van der Waals surface area contributed by atoms with E-state index in [1.165, 1.54) is 16.9 Å². The van der Waals surface area contributed by atoms with Crippen molar-refractivity contribution in [3.05, 3.63) is 80.5 Å². The van der Waals surface area contributed by atoms with Gasteiger partial charge in [-0.05, 0) is 74.0 Å². The lowest BCUT2D eigenvalue weighted by Crippen LogP contribution is -2.10. The zero-order chi connectivity index (χ0) is 18.7. The number of thiophene rings is 1. The first kappa shape index (κ1) is 18.2. The predicted octanol–water partition coefficient (Wildman–Crippen LogP) is 5.81. The highest BCUT2D eigenvalue weighted by Gasteiger charge is 2.11. The summed E-state index contributed by atoms with van der Waals surface area (Å²) in [6, 6.07) is 14.1. The van der Waals surface area contributed by atoms with Gasteiger partial charge >= 0.3 is 0 Å². The van der Waals surface area contributed by atoms with E-state index in [0.29, 0.717) is 11.5 Å². The maximum atomic E-state index is 12.5. The van der Waals surface area contributed by atoms with Crippen molar-refractivity contribution in [2.45, 2.75) is 34.3 Å². The molecule has 0 spiro atoms. The number of hydrogen-bond acceptors (Lipinski definition) is 3. The molecule has 0 atom stereocenters. The highest BCUT2D eigenvalue weighted by Crippen LogP contribution is 2.23. The number of nitrogens with one attached hydrogen (secondary N) is 1. The number of rotatable bonds is 5. The van der Waals surface area contributed by atoms with Gasteiger partial charge in [0.1, 0.15) is 12.4 Å². The van der Waals surface area contributed by atoms with E-state index in [-0.39, 0.29) is 5.91 Å². The molecule has 4 heteroatoms. The number of carbonyl (C=O) groups excluding carboxylic acids is 1. The number of hydrogen-bond donors (Lipinski definition) is 1. The fraction of sp³-hybridized carbons (Fsp3) is 0.227. The Hall–Kier alpha value is -2.59. The molecule has 26 heavy (non-hydrogen) atoms. The lowest BCUT2D eigenvalue weighted by Gasteiger charge is -2.08. The van der Waals surface area contributed by atoms with Gasteiger partial charge in [0.15, 0.2) is 0 Å². The maximum Gasteiger partial charge on any atom is 0.265 e. The minimum atomic E-state index is -0.0854. The molecule has 3 aromatic rings. The van der Waals surface area contributed by atoms with Crippen LogP contribution in [0.4, 0.5) is 5.69 Å². The Morgan fingerprint density at radius 3 is 2.38 bits per heavy atom. The zero-order valence-corrected chi connectivity index (χ0v) is 16.4. The van der Waals surface area contributed by atoms with Gasteiger partial charge in [-0.1, -0.05) is 23.8 Å². The molecule has 1 N–H and O–H groups in total. The minimum Gasteiger partial charge on any atom is -0.489 e. The SMILES string of the molecule is Cc1cc(C)cc(NC(=O)c2cc(COc3ccc(C)cc3C)cs2)c1. The van der Waals surface area contributed by atoms with E-state index < -0.39 is 0 Å². The second-order valence-electron chi connectivity index (χ2n) is 6.71. The van der Waals surface area contributed by atoms with Gasteiger partial charge in [-0.15, -0.1) is 11.3 Å². The number of anilines is 1. The van der Waals surface area contributed by atoms with Crippen LogP contribution in [0, 0.1) is 27.7 Å². The first-order chi connectivity index (χ1) is 12.4. The summed E-state index contributed by atoms with van der Waals surface area (Å²) in [6.07, 6.45) is 0. The second-order valence-corrected chi connectivity index (χ2v) is 7.62. The average molecular weight is 365 g/mol.